The normalized spacial score (nSPS) is 11.3. The summed E-state index contributed by atoms with van der Waals surface area (Å²) in [7, 11) is 1.78. The Labute approximate surface area is 115 Å². The molecule has 0 atom stereocenters. The van der Waals surface area contributed by atoms with Gasteiger partial charge in [0, 0.05) is 22.1 Å². The van der Waals surface area contributed by atoms with Crippen LogP contribution in [0.5, 0.6) is 0 Å². The molecule has 1 rings (SSSR count). The molecule has 0 aliphatic carbocycles. The molecule has 0 bridgehead atoms. The van der Waals surface area contributed by atoms with Gasteiger partial charge in [-0.15, -0.1) is 11.6 Å². The highest BCUT2D eigenvalue weighted by Crippen LogP contribution is 2.18. The van der Waals surface area contributed by atoms with Gasteiger partial charge in [-0.1, -0.05) is 6.07 Å². The lowest BCUT2D eigenvalue weighted by Crippen LogP contribution is -2.46. The summed E-state index contributed by atoms with van der Waals surface area (Å²) in [5, 5.41) is 0. The van der Waals surface area contributed by atoms with Crippen molar-refractivity contribution in [3.63, 3.8) is 0 Å². The summed E-state index contributed by atoms with van der Waals surface area (Å²) in [5.74, 6) is 0.420. The fourth-order valence-electron chi connectivity index (χ4n) is 1.18. The molecule has 4 heteroatoms. The second-order valence-corrected chi connectivity index (χ2v) is 5.83. The Morgan fingerprint density at radius 1 is 1.50 bits per heavy atom. The number of carbonyl (C=O) groups excluding carboxylic acids is 1. The number of carbonyl (C=O) groups is 1. The lowest BCUT2D eigenvalue weighted by molar-refractivity contribution is 0.0660. The molecule has 0 saturated heterocycles. The maximum Gasteiger partial charge on any atom is 0.254 e. The number of nitrogens with zero attached hydrogens (tertiary/aromatic N) is 1. The lowest BCUT2D eigenvalue weighted by Gasteiger charge is -2.34. The first-order valence-corrected chi connectivity index (χ1v) is 6.59. The highest BCUT2D eigenvalue weighted by atomic mass is 127. The summed E-state index contributed by atoms with van der Waals surface area (Å²) < 4.78 is 1.06. The second-order valence-electron chi connectivity index (χ2n) is 4.32. The van der Waals surface area contributed by atoms with Crippen LogP contribution in [0.3, 0.4) is 0 Å². The van der Waals surface area contributed by atoms with Gasteiger partial charge in [0.25, 0.3) is 5.91 Å². The van der Waals surface area contributed by atoms with Crippen LogP contribution in [0.1, 0.15) is 24.2 Å². The molecular formula is C12H15ClINO. The van der Waals surface area contributed by atoms with Crippen molar-refractivity contribution in [2.75, 3.05) is 12.9 Å². The van der Waals surface area contributed by atoms with Gasteiger partial charge >= 0.3 is 0 Å². The first-order chi connectivity index (χ1) is 7.38. The van der Waals surface area contributed by atoms with Crippen LogP contribution in [0, 0.1) is 3.57 Å². The molecule has 0 aromatic heterocycles. The van der Waals surface area contributed by atoms with Crippen LogP contribution in [-0.2, 0) is 0 Å². The molecule has 16 heavy (non-hydrogen) atoms. The Morgan fingerprint density at radius 3 is 2.62 bits per heavy atom. The molecule has 0 fully saturated rings. The van der Waals surface area contributed by atoms with Crippen molar-refractivity contribution < 1.29 is 4.79 Å². The molecule has 0 spiro atoms. The first kappa shape index (κ1) is 13.8. The van der Waals surface area contributed by atoms with Gasteiger partial charge in [0.2, 0.25) is 0 Å². The van der Waals surface area contributed by atoms with Crippen molar-refractivity contribution in [3.05, 3.63) is 33.4 Å². The second kappa shape index (κ2) is 5.36. The summed E-state index contributed by atoms with van der Waals surface area (Å²) in [6.45, 7) is 3.90. The number of hydrogen-bond donors (Lipinski definition) is 0. The largest absolute Gasteiger partial charge is 0.335 e. The lowest BCUT2D eigenvalue weighted by atomic mass is 10.0. The van der Waals surface area contributed by atoms with E-state index in [1.54, 1.807) is 11.9 Å². The third-order valence-electron chi connectivity index (χ3n) is 2.61. The minimum Gasteiger partial charge on any atom is -0.335 e. The Balaban J connectivity index is 2.95. The number of rotatable bonds is 3. The van der Waals surface area contributed by atoms with Crippen molar-refractivity contribution in [1.29, 1.82) is 0 Å². The van der Waals surface area contributed by atoms with Crippen LogP contribution < -0.4 is 0 Å². The Hall–Kier alpha value is -0.290. The highest BCUT2D eigenvalue weighted by molar-refractivity contribution is 14.1. The fraction of sp³-hybridized carbons (Fsp3) is 0.417. The van der Waals surface area contributed by atoms with Gasteiger partial charge in [-0.2, -0.15) is 0 Å². The molecule has 2 nitrogen and oxygen atoms in total. The monoisotopic (exact) mass is 351 g/mol. The molecule has 0 aliphatic heterocycles. The first-order valence-electron chi connectivity index (χ1n) is 4.98. The number of hydrogen-bond acceptors (Lipinski definition) is 1. The zero-order valence-corrected chi connectivity index (χ0v) is 12.5. The van der Waals surface area contributed by atoms with Crippen LogP contribution in [0.25, 0.3) is 0 Å². The maximum atomic E-state index is 12.2. The van der Waals surface area contributed by atoms with Gasteiger partial charge in [0.1, 0.15) is 0 Å². The zero-order valence-electron chi connectivity index (χ0n) is 9.63. The van der Waals surface area contributed by atoms with E-state index in [1.165, 1.54) is 0 Å². The molecule has 0 radical (unpaired) electrons. The van der Waals surface area contributed by atoms with Gasteiger partial charge in [-0.3, -0.25) is 4.79 Å². The fourth-order valence-corrected chi connectivity index (χ4v) is 1.90. The molecule has 0 aliphatic rings. The molecule has 0 heterocycles. The van der Waals surface area contributed by atoms with Gasteiger partial charge < -0.3 is 4.90 Å². The Kier molecular flexibility index (Phi) is 4.62. The van der Waals surface area contributed by atoms with E-state index in [1.807, 2.05) is 38.1 Å². The number of halogens is 2. The zero-order chi connectivity index (χ0) is 12.3. The quantitative estimate of drug-likeness (QED) is 0.604. The molecule has 1 aromatic carbocycles. The molecule has 88 valence electrons. The predicted molar refractivity (Wildman–Crippen MR) is 76.1 cm³/mol. The SMILES string of the molecule is CN(C(=O)c1cccc(I)c1)C(C)(C)CCl. The van der Waals surface area contributed by atoms with E-state index in [0.29, 0.717) is 11.4 Å². The summed E-state index contributed by atoms with van der Waals surface area (Å²) >= 11 is 8.05. The number of alkyl halides is 1. The standard InChI is InChI=1S/C12H15ClINO/c1-12(2,8-13)15(3)11(16)9-5-4-6-10(14)7-9/h4-7H,8H2,1-3H3. The van der Waals surface area contributed by atoms with Crippen molar-refractivity contribution >= 4 is 40.1 Å². The maximum absolute atomic E-state index is 12.2. The van der Waals surface area contributed by atoms with E-state index in [4.69, 9.17) is 11.6 Å². The van der Waals surface area contributed by atoms with E-state index >= 15 is 0 Å². The van der Waals surface area contributed by atoms with Crippen LogP contribution >= 0.6 is 34.2 Å². The molecule has 1 aromatic rings. The summed E-state index contributed by atoms with van der Waals surface area (Å²) in [4.78, 5) is 13.9. The molecule has 0 saturated carbocycles. The summed E-state index contributed by atoms with van der Waals surface area (Å²) in [5.41, 5.74) is 0.368. The van der Waals surface area contributed by atoms with E-state index in [2.05, 4.69) is 22.6 Å². The average Bonchev–Trinajstić information content (AvgIpc) is 2.27. The molecule has 0 unspecified atom stereocenters. The average molecular weight is 352 g/mol. The van der Waals surface area contributed by atoms with Crippen molar-refractivity contribution in [2.45, 2.75) is 19.4 Å². The third kappa shape index (κ3) is 3.10. The number of amides is 1. The molecular weight excluding hydrogens is 336 g/mol. The smallest absolute Gasteiger partial charge is 0.254 e. The summed E-state index contributed by atoms with van der Waals surface area (Å²) in [6, 6.07) is 7.55. The van der Waals surface area contributed by atoms with Crippen molar-refractivity contribution in [3.8, 4) is 0 Å². The van der Waals surface area contributed by atoms with E-state index in [9.17, 15) is 4.79 Å². The molecule has 0 N–H and O–H groups in total. The van der Waals surface area contributed by atoms with Crippen LogP contribution in [0.2, 0.25) is 0 Å². The Morgan fingerprint density at radius 2 is 2.12 bits per heavy atom. The van der Waals surface area contributed by atoms with Crippen molar-refractivity contribution in [1.82, 2.24) is 4.90 Å². The minimum absolute atomic E-state index is 0.00386. The van der Waals surface area contributed by atoms with E-state index < -0.39 is 0 Å². The van der Waals surface area contributed by atoms with Gasteiger partial charge in [-0.25, -0.2) is 0 Å². The topological polar surface area (TPSA) is 20.3 Å². The van der Waals surface area contributed by atoms with E-state index in [-0.39, 0.29) is 11.4 Å². The van der Waals surface area contributed by atoms with Crippen LogP contribution in [0.15, 0.2) is 24.3 Å². The third-order valence-corrected chi connectivity index (χ3v) is 3.94. The predicted octanol–water partition coefficient (Wildman–Crippen LogP) is 3.38. The molecule has 1 amide bonds. The Bertz CT molecular complexity index is 392. The summed E-state index contributed by atoms with van der Waals surface area (Å²) in [6.07, 6.45) is 0. The number of benzene rings is 1. The van der Waals surface area contributed by atoms with Gasteiger partial charge in [0.05, 0.1) is 5.54 Å². The van der Waals surface area contributed by atoms with Gasteiger partial charge in [-0.05, 0) is 54.6 Å². The minimum atomic E-state index is -0.333. The van der Waals surface area contributed by atoms with Crippen LogP contribution in [0.4, 0.5) is 0 Å². The highest BCUT2D eigenvalue weighted by Gasteiger charge is 2.27. The van der Waals surface area contributed by atoms with Crippen LogP contribution in [-0.4, -0.2) is 29.3 Å². The van der Waals surface area contributed by atoms with E-state index in [0.717, 1.165) is 3.57 Å². The van der Waals surface area contributed by atoms with Crippen molar-refractivity contribution in [2.24, 2.45) is 0 Å². The van der Waals surface area contributed by atoms with Gasteiger partial charge in [0.15, 0.2) is 0 Å².